The third kappa shape index (κ3) is 5.20. The van der Waals surface area contributed by atoms with E-state index in [1.165, 1.54) is 10.4 Å². The van der Waals surface area contributed by atoms with Crippen molar-refractivity contribution in [2.24, 2.45) is 0 Å². The molecular formula is C16H25N3O3S2. The molecule has 1 aliphatic heterocycles. The fourth-order valence-electron chi connectivity index (χ4n) is 2.53. The molecule has 0 atom stereocenters. The number of carbonyl (C=O) groups is 1. The minimum atomic E-state index is -3.56. The minimum absolute atomic E-state index is 0.182. The Labute approximate surface area is 148 Å². The molecule has 0 saturated carbocycles. The van der Waals surface area contributed by atoms with Crippen LogP contribution >= 0.6 is 11.8 Å². The van der Waals surface area contributed by atoms with Crippen LogP contribution in [0.1, 0.15) is 23.2 Å². The van der Waals surface area contributed by atoms with Crippen LogP contribution in [-0.4, -0.2) is 63.4 Å². The molecule has 0 spiro atoms. The summed E-state index contributed by atoms with van der Waals surface area (Å²) in [6, 6.07) is 6.29. The predicted molar refractivity (Wildman–Crippen MR) is 98.0 cm³/mol. The first kappa shape index (κ1) is 19.2. The molecule has 0 radical (unpaired) electrons. The highest BCUT2D eigenvalue weighted by molar-refractivity contribution is 7.98. The van der Waals surface area contributed by atoms with Gasteiger partial charge in [0, 0.05) is 31.7 Å². The van der Waals surface area contributed by atoms with Crippen molar-refractivity contribution in [3.05, 3.63) is 29.8 Å². The molecule has 24 heavy (non-hydrogen) atoms. The summed E-state index contributed by atoms with van der Waals surface area (Å²) in [4.78, 5) is 12.4. The van der Waals surface area contributed by atoms with Gasteiger partial charge in [0.25, 0.3) is 5.91 Å². The van der Waals surface area contributed by atoms with E-state index in [0.717, 1.165) is 25.1 Å². The van der Waals surface area contributed by atoms with E-state index >= 15 is 0 Å². The second-order valence-electron chi connectivity index (χ2n) is 5.64. The number of amides is 1. The summed E-state index contributed by atoms with van der Waals surface area (Å²) in [5.74, 6) is 0.753. The van der Waals surface area contributed by atoms with Crippen molar-refractivity contribution in [2.45, 2.75) is 17.7 Å². The lowest BCUT2D eigenvalue weighted by molar-refractivity contribution is 0.0953. The Hall–Kier alpha value is -1.09. The smallest absolute Gasteiger partial charge is 0.251 e. The van der Waals surface area contributed by atoms with Crippen molar-refractivity contribution in [1.82, 2.24) is 14.9 Å². The fourth-order valence-corrected chi connectivity index (χ4v) is 4.49. The maximum Gasteiger partial charge on any atom is 0.251 e. The van der Waals surface area contributed by atoms with Crippen LogP contribution in [0.4, 0.5) is 0 Å². The SMILES string of the molecule is CSCCCNC(=O)c1cccc(S(=O)(=O)N2CCCNCC2)c1. The van der Waals surface area contributed by atoms with E-state index in [-0.39, 0.29) is 10.8 Å². The zero-order chi connectivity index (χ0) is 17.4. The number of nitrogens with one attached hydrogen (secondary N) is 2. The molecule has 1 aromatic carbocycles. The third-order valence-corrected chi connectivity index (χ3v) is 6.44. The Morgan fingerprint density at radius 2 is 2.17 bits per heavy atom. The van der Waals surface area contributed by atoms with Gasteiger partial charge in [0.15, 0.2) is 0 Å². The molecule has 8 heteroatoms. The standard InChI is InChI=1S/C16H25N3O3S2/c1-23-12-4-8-18-16(20)14-5-2-6-15(13-14)24(21,22)19-10-3-7-17-9-11-19/h2,5-6,13,17H,3-4,7-12H2,1H3,(H,18,20). The van der Waals surface area contributed by atoms with Crippen LogP contribution in [0, 0.1) is 0 Å². The van der Waals surface area contributed by atoms with E-state index in [1.54, 1.807) is 30.0 Å². The van der Waals surface area contributed by atoms with Gasteiger partial charge in [-0.05, 0) is 49.6 Å². The zero-order valence-electron chi connectivity index (χ0n) is 14.0. The summed E-state index contributed by atoms with van der Waals surface area (Å²) in [5.41, 5.74) is 0.383. The van der Waals surface area contributed by atoms with E-state index in [9.17, 15) is 13.2 Å². The van der Waals surface area contributed by atoms with E-state index in [1.807, 2.05) is 6.26 Å². The van der Waals surface area contributed by atoms with Gasteiger partial charge in [-0.25, -0.2) is 8.42 Å². The van der Waals surface area contributed by atoms with Crippen molar-refractivity contribution in [3.8, 4) is 0 Å². The second kappa shape index (κ2) is 9.41. The molecular weight excluding hydrogens is 346 g/mol. The molecule has 2 N–H and O–H groups in total. The van der Waals surface area contributed by atoms with Gasteiger partial charge in [-0.1, -0.05) is 6.07 Å². The first-order chi connectivity index (χ1) is 11.6. The van der Waals surface area contributed by atoms with Crippen molar-refractivity contribution in [3.63, 3.8) is 0 Å². The van der Waals surface area contributed by atoms with Crippen LogP contribution in [-0.2, 0) is 10.0 Å². The summed E-state index contributed by atoms with van der Waals surface area (Å²) < 4.78 is 27.0. The van der Waals surface area contributed by atoms with Gasteiger partial charge in [-0.15, -0.1) is 0 Å². The quantitative estimate of drug-likeness (QED) is 0.703. The number of benzene rings is 1. The van der Waals surface area contributed by atoms with Crippen LogP contribution in [0.25, 0.3) is 0 Å². The number of hydrogen-bond acceptors (Lipinski definition) is 5. The summed E-state index contributed by atoms with van der Waals surface area (Å²) in [5, 5.41) is 6.02. The van der Waals surface area contributed by atoms with Crippen LogP contribution in [0.5, 0.6) is 0 Å². The average molecular weight is 372 g/mol. The van der Waals surface area contributed by atoms with E-state index < -0.39 is 10.0 Å². The first-order valence-electron chi connectivity index (χ1n) is 8.14. The number of thioether (sulfide) groups is 1. The lowest BCUT2D eigenvalue weighted by Gasteiger charge is -2.20. The lowest BCUT2D eigenvalue weighted by atomic mass is 10.2. The molecule has 1 aromatic rings. The number of carbonyl (C=O) groups excluding carboxylic acids is 1. The molecule has 134 valence electrons. The molecule has 0 bridgehead atoms. The fraction of sp³-hybridized carbons (Fsp3) is 0.562. The number of sulfonamides is 1. The van der Waals surface area contributed by atoms with Gasteiger partial charge < -0.3 is 10.6 Å². The van der Waals surface area contributed by atoms with E-state index in [4.69, 9.17) is 0 Å². The highest BCUT2D eigenvalue weighted by Gasteiger charge is 2.25. The molecule has 1 fully saturated rings. The molecule has 1 heterocycles. The number of hydrogen-bond donors (Lipinski definition) is 2. The van der Waals surface area contributed by atoms with Gasteiger partial charge >= 0.3 is 0 Å². The monoisotopic (exact) mass is 371 g/mol. The predicted octanol–water partition coefficient (Wildman–Crippen LogP) is 1.15. The lowest BCUT2D eigenvalue weighted by Crippen LogP contribution is -2.34. The van der Waals surface area contributed by atoms with Gasteiger partial charge in [0.05, 0.1) is 4.90 Å². The van der Waals surface area contributed by atoms with Crippen molar-refractivity contribution >= 4 is 27.7 Å². The minimum Gasteiger partial charge on any atom is -0.352 e. The Kier molecular flexibility index (Phi) is 7.54. The average Bonchev–Trinajstić information content (AvgIpc) is 2.88. The van der Waals surface area contributed by atoms with Crippen molar-refractivity contribution < 1.29 is 13.2 Å². The molecule has 2 rings (SSSR count). The molecule has 0 aliphatic carbocycles. The maximum absolute atomic E-state index is 12.8. The topological polar surface area (TPSA) is 78.5 Å². The molecule has 6 nitrogen and oxygen atoms in total. The van der Waals surface area contributed by atoms with Crippen molar-refractivity contribution in [2.75, 3.05) is 44.7 Å². The second-order valence-corrected chi connectivity index (χ2v) is 8.56. The summed E-state index contributed by atoms with van der Waals surface area (Å²) in [7, 11) is -3.56. The van der Waals surface area contributed by atoms with Gasteiger partial charge in [0.1, 0.15) is 0 Å². The van der Waals surface area contributed by atoms with Crippen LogP contribution in [0.2, 0.25) is 0 Å². The Balaban J connectivity index is 2.09. The number of nitrogens with zero attached hydrogens (tertiary/aromatic N) is 1. The molecule has 1 saturated heterocycles. The highest BCUT2D eigenvalue weighted by Crippen LogP contribution is 2.18. The molecule has 0 unspecified atom stereocenters. The third-order valence-electron chi connectivity index (χ3n) is 3.84. The van der Waals surface area contributed by atoms with Gasteiger partial charge in [-0.3, -0.25) is 4.79 Å². The largest absolute Gasteiger partial charge is 0.352 e. The summed E-state index contributed by atoms with van der Waals surface area (Å²) in [6.07, 6.45) is 3.70. The van der Waals surface area contributed by atoms with Crippen molar-refractivity contribution in [1.29, 1.82) is 0 Å². The van der Waals surface area contributed by atoms with E-state index in [0.29, 0.717) is 31.7 Å². The summed E-state index contributed by atoms with van der Waals surface area (Å²) in [6.45, 7) is 3.02. The zero-order valence-corrected chi connectivity index (χ0v) is 15.6. The highest BCUT2D eigenvalue weighted by atomic mass is 32.2. The Bertz CT molecular complexity index is 642. The molecule has 1 amide bonds. The normalized spacial score (nSPS) is 16.5. The van der Waals surface area contributed by atoms with Crippen LogP contribution in [0.15, 0.2) is 29.2 Å². The summed E-state index contributed by atoms with van der Waals surface area (Å²) >= 11 is 1.73. The van der Waals surface area contributed by atoms with Crippen LogP contribution < -0.4 is 10.6 Å². The van der Waals surface area contributed by atoms with Crippen LogP contribution in [0.3, 0.4) is 0 Å². The van der Waals surface area contributed by atoms with E-state index in [2.05, 4.69) is 10.6 Å². The maximum atomic E-state index is 12.8. The van der Waals surface area contributed by atoms with Gasteiger partial charge in [0.2, 0.25) is 10.0 Å². The Morgan fingerprint density at radius 1 is 1.33 bits per heavy atom. The molecule has 1 aliphatic rings. The van der Waals surface area contributed by atoms with Gasteiger partial charge in [-0.2, -0.15) is 16.1 Å². The Morgan fingerprint density at radius 3 is 2.96 bits per heavy atom. The number of rotatable bonds is 7. The molecule has 0 aromatic heterocycles. The first-order valence-corrected chi connectivity index (χ1v) is 11.0.